The first-order chi connectivity index (χ1) is 13.2. The first-order valence-electron chi connectivity index (χ1n) is 8.21. The fourth-order valence-electron chi connectivity index (χ4n) is 2.57. The summed E-state index contributed by atoms with van der Waals surface area (Å²) in [6.45, 7) is 0.754. The first kappa shape index (κ1) is 16.8. The molecule has 3 aromatic rings. The molecule has 0 radical (unpaired) electrons. The maximum atomic E-state index is 13.6. The Morgan fingerprint density at radius 2 is 1.78 bits per heavy atom. The Labute approximate surface area is 154 Å². The van der Waals surface area contributed by atoms with Crippen LogP contribution < -0.4 is 20.1 Å². The maximum Gasteiger partial charge on any atom is 0.259 e. The molecule has 0 aliphatic carbocycles. The van der Waals surface area contributed by atoms with Crippen LogP contribution in [0.1, 0.15) is 15.9 Å². The number of rotatable bonds is 5. The lowest BCUT2D eigenvalue weighted by Gasteiger charge is -2.08. The van der Waals surface area contributed by atoms with E-state index in [1.165, 1.54) is 18.2 Å². The number of carbonyl (C=O) groups excluding carboxylic acids is 1. The van der Waals surface area contributed by atoms with Gasteiger partial charge in [0.15, 0.2) is 17.3 Å². The number of nitrogens with zero attached hydrogens (tertiary/aromatic N) is 2. The molecule has 1 aliphatic heterocycles. The van der Waals surface area contributed by atoms with Gasteiger partial charge in [0.1, 0.15) is 11.6 Å². The van der Waals surface area contributed by atoms with Gasteiger partial charge in [-0.3, -0.25) is 4.79 Å². The molecule has 1 amide bonds. The Morgan fingerprint density at radius 3 is 2.59 bits per heavy atom. The predicted molar refractivity (Wildman–Crippen MR) is 96.3 cm³/mol. The Bertz CT molecular complexity index is 979. The van der Waals surface area contributed by atoms with Gasteiger partial charge >= 0.3 is 0 Å². The van der Waals surface area contributed by atoms with Crippen LogP contribution in [-0.4, -0.2) is 22.9 Å². The van der Waals surface area contributed by atoms with Crippen LogP contribution in [0.2, 0.25) is 0 Å². The number of anilines is 2. The van der Waals surface area contributed by atoms with E-state index in [9.17, 15) is 9.18 Å². The largest absolute Gasteiger partial charge is 0.454 e. The van der Waals surface area contributed by atoms with Crippen LogP contribution in [0.25, 0.3) is 0 Å². The maximum absolute atomic E-state index is 13.6. The SMILES string of the molecule is O=C(Nc1ccc(NCc2ccc3c(c2)OCO3)nn1)c1ccccc1F. The summed E-state index contributed by atoms with van der Waals surface area (Å²) in [6, 6.07) is 14.7. The molecule has 8 heteroatoms. The molecule has 7 nitrogen and oxygen atoms in total. The molecule has 1 aliphatic rings. The normalized spacial score (nSPS) is 11.9. The predicted octanol–water partition coefficient (Wildman–Crippen LogP) is 3.21. The molecule has 0 saturated heterocycles. The van der Waals surface area contributed by atoms with Crippen molar-refractivity contribution in [3.05, 3.63) is 71.5 Å². The van der Waals surface area contributed by atoms with E-state index in [1.54, 1.807) is 18.2 Å². The molecule has 0 atom stereocenters. The summed E-state index contributed by atoms with van der Waals surface area (Å²) in [7, 11) is 0. The van der Waals surface area contributed by atoms with Crippen molar-refractivity contribution in [1.82, 2.24) is 10.2 Å². The summed E-state index contributed by atoms with van der Waals surface area (Å²) in [4.78, 5) is 12.1. The van der Waals surface area contributed by atoms with Gasteiger partial charge in [-0.05, 0) is 42.0 Å². The Hall–Kier alpha value is -3.68. The van der Waals surface area contributed by atoms with Gasteiger partial charge in [-0.15, -0.1) is 10.2 Å². The summed E-state index contributed by atoms with van der Waals surface area (Å²) in [5.41, 5.74) is 0.947. The minimum atomic E-state index is -0.593. The van der Waals surface area contributed by atoms with E-state index in [0.29, 0.717) is 18.1 Å². The van der Waals surface area contributed by atoms with Crippen molar-refractivity contribution in [3.8, 4) is 11.5 Å². The molecule has 136 valence electrons. The van der Waals surface area contributed by atoms with Crippen LogP contribution in [-0.2, 0) is 6.54 Å². The average molecular weight is 366 g/mol. The highest BCUT2D eigenvalue weighted by Gasteiger charge is 2.13. The lowest BCUT2D eigenvalue weighted by atomic mass is 10.2. The van der Waals surface area contributed by atoms with Crippen LogP contribution in [0.3, 0.4) is 0 Å². The van der Waals surface area contributed by atoms with Crippen molar-refractivity contribution < 1.29 is 18.7 Å². The summed E-state index contributed by atoms with van der Waals surface area (Å²) in [5, 5.41) is 13.6. The number of ether oxygens (including phenoxy) is 2. The number of halogens is 1. The van der Waals surface area contributed by atoms with Crippen LogP contribution >= 0.6 is 0 Å². The zero-order valence-corrected chi connectivity index (χ0v) is 14.1. The number of hydrogen-bond acceptors (Lipinski definition) is 6. The molecule has 0 saturated carbocycles. The molecule has 4 rings (SSSR count). The van der Waals surface area contributed by atoms with E-state index in [-0.39, 0.29) is 18.2 Å². The Morgan fingerprint density at radius 1 is 1.00 bits per heavy atom. The van der Waals surface area contributed by atoms with Crippen LogP contribution in [0.5, 0.6) is 11.5 Å². The Kier molecular flexibility index (Phi) is 4.52. The van der Waals surface area contributed by atoms with E-state index >= 15 is 0 Å². The highest BCUT2D eigenvalue weighted by Crippen LogP contribution is 2.32. The zero-order valence-electron chi connectivity index (χ0n) is 14.1. The van der Waals surface area contributed by atoms with Gasteiger partial charge in [0.2, 0.25) is 6.79 Å². The average Bonchev–Trinajstić information content (AvgIpc) is 3.15. The van der Waals surface area contributed by atoms with Crippen molar-refractivity contribution >= 4 is 17.5 Å². The summed E-state index contributed by atoms with van der Waals surface area (Å²) in [5.74, 6) is 1.04. The quantitative estimate of drug-likeness (QED) is 0.721. The number of benzene rings is 2. The minimum Gasteiger partial charge on any atom is -0.454 e. The second-order valence-corrected chi connectivity index (χ2v) is 5.78. The summed E-state index contributed by atoms with van der Waals surface area (Å²) >= 11 is 0. The summed E-state index contributed by atoms with van der Waals surface area (Å²) < 4.78 is 24.2. The third-order valence-electron chi connectivity index (χ3n) is 3.94. The number of hydrogen-bond donors (Lipinski definition) is 2. The van der Waals surface area contributed by atoms with Crippen molar-refractivity contribution in [2.75, 3.05) is 17.4 Å². The molecular formula is C19H15FN4O3. The minimum absolute atomic E-state index is 0.0516. The zero-order chi connectivity index (χ0) is 18.6. The molecule has 2 aromatic carbocycles. The Balaban J connectivity index is 1.36. The number of fused-ring (bicyclic) bond motifs is 1. The number of aromatic nitrogens is 2. The van der Waals surface area contributed by atoms with Crippen LogP contribution in [0.4, 0.5) is 16.0 Å². The first-order valence-corrected chi connectivity index (χ1v) is 8.21. The molecule has 0 fully saturated rings. The number of amides is 1. The van der Waals surface area contributed by atoms with Gasteiger partial charge in [0.25, 0.3) is 5.91 Å². The van der Waals surface area contributed by atoms with Crippen LogP contribution in [0, 0.1) is 5.82 Å². The smallest absolute Gasteiger partial charge is 0.259 e. The lowest BCUT2D eigenvalue weighted by molar-refractivity contribution is 0.102. The van der Waals surface area contributed by atoms with Gasteiger partial charge in [0.05, 0.1) is 5.56 Å². The van der Waals surface area contributed by atoms with E-state index in [1.807, 2.05) is 18.2 Å². The van der Waals surface area contributed by atoms with E-state index < -0.39 is 11.7 Å². The van der Waals surface area contributed by atoms with Crippen molar-refractivity contribution in [1.29, 1.82) is 0 Å². The third kappa shape index (κ3) is 3.79. The molecule has 27 heavy (non-hydrogen) atoms. The van der Waals surface area contributed by atoms with Gasteiger partial charge in [-0.1, -0.05) is 18.2 Å². The van der Waals surface area contributed by atoms with Gasteiger partial charge in [-0.2, -0.15) is 0 Å². The van der Waals surface area contributed by atoms with Gasteiger partial charge in [0, 0.05) is 6.54 Å². The van der Waals surface area contributed by atoms with E-state index in [0.717, 1.165) is 11.3 Å². The van der Waals surface area contributed by atoms with Crippen molar-refractivity contribution in [3.63, 3.8) is 0 Å². The molecular weight excluding hydrogens is 351 g/mol. The summed E-state index contributed by atoms with van der Waals surface area (Å²) in [6.07, 6.45) is 0. The molecule has 1 aromatic heterocycles. The van der Waals surface area contributed by atoms with Gasteiger partial charge < -0.3 is 20.1 Å². The van der Waals surface area contributed by atoms with E-state index in [2.05, 4.69) is 20.8 Å². The number of carbonyl (C=O) groups is 1. The highest BCUT2D eigenvalue weighted by molar-refractivity contribution is 6.03. The highest BCUT2D eigenvalue weighted by atomic mass is 19.1. The third-order valence-corrected chi connectivity index (χ3v) is 3.94. The van der Waals surface area contributed by atoms with E-state index in [4.69, 9.17) is 9.47 Å². The molecule has 0 unspecified atom stereocenters. The molecule has 0 bridgehead atoms. The van der Waals surface area contributed by atoms with Crippen molar-refractivity contribution in [2.24, 2.45) is 0 Å². The topological polar surface area (TPSA) is 85.4 Å². The number of nitrogens with one attached hydrogen (secondary N) is 2. The fraction of sp³-hybridized carbons (Fsp3) is 0.105. The van der Waals surface area contributed by atoms with Crippen LogP contribution in [0.15, 0.2) is 54.6 Å². The second kappa shape index (κ2) is 7.28. The molecule has 2 heterocycles. The molecule has 2 N–H and O–H groups in total. The van der Waals surface area contributed by atoms with Crippen molar-refractivity contribution in [2.45, 2.75) is 6.54 Å². The second-order valence-electron chi connectivity index (χ2n) is 5.78. The lowest BCUT2D eigenvalue weighted by Crippen LogP contribution is -2.15. The monoisotopic (exact) mass is 366 g/mol. The fourth-order valence-corrected chi connectivity index (χ4v) is 2.57. The molecule has 0 spiro atoms. The van der Waals surface area contributed by atoms with Gasteiger partial charge in [-0.25, -0.2) is 4.39 Å². The standard InChI is InChI=1S/C19H15FN4O3/c20-14-4-2-1-3-13(14)19(25)22-18-8-7-17(23-24-18)21-10-12-5-6-15-16(9-12)27-11-26-15/h1-9H,10-11H2,(H,21,23)(H,22,24,25).